The lowest BCUT2D eigenvalue weighted by Gasteiger charge is -2.32. The van der Waals surface area contributed by atoms with E-state index in [9.17, 15) is 9.90 Å². The van der Waals surface area contributed by atoms with Gasteiger partial charge in [0.15, 0.2) is 0 Å². The van der Waals surface area contributed by atoms with Crippen LogP contribution in [0.1, 0.15) is 45.6 Å². The average Bonchev–Trinajstić information content (AvgIpc) is 2.98. The Bertz CT molecular complexity index is 510. The molecule has 2 heterocycles. The highest BCUT2D eigenvalue weighted by atomic mass is 35.5. The largest absolute Gasteiger partial charge is 0.396 e. The van der Waals surface area contributed by atoms with Gasteiger partial charge in [-0.1, -0.05) is 25.4 Å². The Kier molecular flexibility index (Phi) is 6.30. The molecule has 23 heavy (non-hydrogen) atoms. The van der Waals surface area contributed by atoms with Crippen molar-refractivity contribution in [1.29, 1.82) is 0 Å². The zero-order valence-corrected chi connectivity index (χ0v) is 14.7. The third kappa shape index (κ3) is 5.39. The minimum absolute atomic E-state index is 0.00347. The fourth-order valence-electron chi connectivity index (χ4n) is 2.80. The molecule has 0 spiro atoms. The minimum atomic E-state index is -0.0753. The van der Waals surface area contributed by atoms with E-state index in [2.05, 4.69) is 10.4 Å². The van der Waals surface area contributed by atoms with E-state index < -0.39 is 0 Å². The molecule has 0 aromatic carbocycles. The lowest BCUT2D eigenvalue weighted by Crippen LogP contribution is -2.45. The molecule has 2 amide bonds. The summed E-state index contributed by atoms with van der Waals surface area (Å²) in [5.74, 6) is 0. The second-order valence-corrected chi connectivity index (χ2v) is 7.45. The third-order valence-corrected chi connectivity index (χ3v) is 4.63. The Balaban J connectivity index is 1.67. The SMILES string of the molecule is CC(C)(CO)CCCNC(=O)N1CCC(n2cc(Cl)cn2)CC1. The van der Waals surface area contributed by atoms with Gasteiger partial charge in [-0.15, -0.1) is 0 Å². The maximum absolute atomic E-state index is 12.2. The van der Waals surface area contributed by atoms with Crippen LogP contribution in [0.15, 0.2) is 12.4 Å². The number of likely N-dealkylation sites (tertiary alicyclic amines) is 1. The number of nitrogens with zero attached hydrogens (tertiary/aromatic N) is 3. The molecular formula is C16H27ClN4O2. The van der Waals surface area contributed by atoms with Crippen molar-refractivity contribution >= 4 is 17.6 Å². The van der Waals surface area contributed by atoms with Crippen molar-refractivity contribution in [2.75, 3.05) is 26.2 Å². The van der Waals surface area contributed by atoms with Gasteiger partial charge < -0.3 is 15.3 Å². The summed E-state index contributed by atoms with van der Waals surface area (Å²) < 4.78 is 1.90. The number of aliphatic hydroxyl groups excluding tert-OH is 1. The smallest absolute Gasteiger partial charge is 0.317 e. The zero-order chi connectivity index (χ0) is 16.9. The van der Waals surface area contributed by atoms with E-state index in [0.29, 0.717) is 17.6 Å². The average molecular weight is 343 g/mol. The maximum Gasteiger partial charge on any atom is 0.317 e. The molecule has 2 N–H and O–H groups in total. The van der Waals surface area contributed by atoms with Crippen LogP contribution in [0.2, 0.25) is 5.02 Å². The first-order valence-electron chi connectivity index (χ1n) is 8.24. The van der Waals surface area contributed by atoms with Gasteiger partial charge in [0.25, 0.3) is 0 Å². The molecule has 1 aromatic rings. The number of urea groups is 1. The highest BCUT2D eigenvalue weighted by molar-refractivity contribution is 6.30. The number of nitrogens with one attached hydrogen (secondary N) is 1. The van der Waals surface area contributed by atoms with Crippen LogP contribution in [0.4, 0.5) is 4.79 Å². The fraction of sp³-hybridized carbons (Fsp3) is 0.750. The van der Waals surface area contributed by atoms with E-state index in [4.69, 9.17) is 11.6 Å². The van der Waals surface area contributed by atoms with E-state index in [0.717, 1.165) is 38.8 Å². The van der Waals surface area contributed by atoms with E-state index >= 15 is 0 Å². The van der Waals surface area contributed by atoms with Gasteiger partial charge in [0.1, 0.15) is 0 Å². The van der Waals surface area contributed by atoms with Gasteiger partial charge in [0, 0.05) is 32.4 Å². The fourth-order valence-corrected chi connectivity index (χ4v) is 2.94. The van der Waals surface area contributed by atoms with Gasteiger partial charge in [-0.25, -0.2) is 4.79 Å². The summed E-state index contributed by atoms with van der Waals surface area (Å²) in [6.45, 7) is 6.34. The number of aliphatic hydroxyl groups is 1. The molecular weight excluding hydrogens is 316 g/mol. The van der Waals surface area contributed by atoms with Crippen molar-refractivity contribution in [3.8, 4) is 0 Å². The van der Waals surface area contributed by atoms with E-state index in [1.165, 1.54) is 0 Å². The number of hydrogen-bond donors (Lipinski definition) is 2. The second kappa shape index (κ2) is 8.02. The maximum atomic E-state index is 12.2. The van der Waals surface area contributed by atoms with Crippen molar-refractivity contribution in [2.45, 2.75) is 45.6 Å². The van der Waals surface area contributed by atoms with Crippen LogP contribution in [-0.2, 0) is 0 Å². The Morgan fingerprint density at radius 2 is 2.17 bits per heavy atom. The number of hydrogen-bond acceptors (Lipinski definition) is 3. The summed E-state index contributed by atoms with van der Waals surface area (Å²) in [6.07, 6.45) is 7.04. The highest BCUT2D eigenvalue weighted by Crippen LogP contribution is 2.23. The Morgan fingerprint density at radius 3 is 2.74 bits per heavy atom. The molecule has 1 fully saturated rings. The normalized spacial score (nSPS) is 16.6. The number of rotatable bonds is 6. The monoisotopic (exact) mass is 342 g/mol. The van der Waals surface area contributed by atoms with Crippen LogP contribution in [0.3, 0.4) is 0 Å². The predicted octanol–water partition coefficient (Wildman–Crippen LogP) is 2.68. The molecule has 1 aliphatic rings. The third-order valence-electron chi connectivity index (χ3n) is 4.43. The molecule has 7 heteroatoms. The lowest BCUT2D eigenvalue weighted by atomic mass is 9.89. The molecule has 0 bridgehead atoms. The summed E-state index contributed by atoms with van der Waals surface area (Å²) in [7, 11) is 0. The molecule has 0 saturated carbocycles. The van der Waals surface area contributed by atoms with Gasteiger partial charge in [-0.05, 0) is 31.1 Å². The first-order valence-corrected chi connectivity index (χ1v) is 8.62. The lowest BCUT2D eigenvalue weighted by molar-refractivity contribution is 0.146. The van der Waals surface area contributed by atoms with Crippen molar-refractivity contribution in [2.24, 2.45) is 5.41 Å². The Hall–Kier alpha value is -1.27. The molecule has 0 radical (unpaired) electrons. The van der Waals surface area contributed by atoms with E-state index in [1.54, 1.807) is 6.20 Å². The Labute approximate surface area is 142 Å². The standard InChI is InChI=1S/C16H27ClN4O2/c1-16(2,12-22)6-3-7-18-15(23)20-8-4-14(5-9-20)21-11-13(17)10-19-21/h10-11,14,22H,3-9,12H2,1-2H3,(H,18,23). The van der Waals surface area contributed by atoms with E-state index in [-0.39, 0.29) is 18.1 Å². The van der Waals surface area contributed by atoms with Gasteiger partial charge in [0.2, 0.25) is 0 Å². The molecule has 1 aromatic heterocycles. The molecule has 0 unspecified atom stereocenters. The molecule has 1 aliphatic heterocycles. The van der Waals surface area contributed by atoms with Crippen molar-refractivity contribution in [3.05, 3.63) is 17.4 Å². The van der Waals surface area contributed by atoms with Crippen LogP contribution in [-0.4, -0.2) is 52.1 Å². The summed E-state index contributed by atoms with van der Waals surface area (Å²) in [5, 5.41) is 17.1. The van der Waals surface area contributed by atoms with Crippen LogP contribution in [0.5, 0.6) is 0 Å². The summed E-state index contributed by atoms with van der Waals surface area (Å²) in [5.41, 5.74) is -0.0753. The number of aromatic nitrogens is 2. The zero-order valence-electron chi connectivity index (χ0n) is 14.0. The van der Waals surface area contributed by atoms with Gasteiger partial charge >= 0.3 is 6.03 Å². The molecule has 1 saturated heterocycles. The molecule has 0 atom stereocenters. The van der Waals surface area contributed by atoms with Crippen LogP contribution < -0.4 is 5.32 Å². The van der Waals surface area contributed by atoms with Crippen LogP contribution in [0.25, 0.3) is 0 Å². The quantitative estimate of drug-likeness (QED) is 0.781. The molecule has 0 aliphatic carbocycles. The number of piperidine rings is 1. The first-order chi connectivity index (χ1) is 10.9. The van der Waals surface area contributed by atoms with E-state index in [1.807, 2.05) is 29.6 Å². The predicted molar refractivity (Wildman–Crippen MR) is 90.6 cm³/mol. The number of carbonyl (C=O) groups is 1. The molecule has 2 rings (SSSR count). The highest BCUT2D eigenvalue weighted by Gasteiger charge is 2.24. The minimum Gasteiger partial charge on any atom is -0.396 e. The van der Waals surface area contributed by atoms with Crippen molar-refractivity contribution in [1.82, 2.24) is 20.0 Å². The van der Waals surface area contributed by atoms with Gasteiger partial charge in [-0.2, -0.15) is 5.10 Å². The first kappa shape index (κ1) is 18.1. The number of halogens is 1. The summed E-state index contributed by atoms with van der Waals surface area (Å²) in [4.78, 5) is 14.0. The van der Waals surface area contributed by atoms with Gasteiger partial charge in [0.05, 0.1) is 17.3 Å². The molecule has 130 valence electrons. The second-order valence-electron chi connectivity index (χ2n) is 7.01. The van der Waals surface area contributed by atoms with Gasteiger partial charge in [-0.3, -0.25) is 4.68 Å². The van der Waals surface area contributed by atoms with Crippen LogP contribution in [0, 0.1) is 5.41 Å². The van der Waals surface area contributed by atoms with Crippen molar-refractivity contribution < 1.29 is 9.90 Å². The number of carbonyl (C=O) groups excluding carboxylic acids is 1. The molecule has 6 nitrogen and oxygen atoms in total. The number of amides is 2. The summed E-state index contributed by atoms with van der Waals surface area (Å²) in [6, 6.07) is 0.320. The topological polar surface area (TPSA) is 70.4 Å². The summed E-state index contributed by atoms with van der Waals surface area (Å²) >= 11 is 5.90. The van der Waals surface area contributed by atoms with Crippen LogP contribution >= 0.6 is 11.6 Å². The van der Waals surface area contributed by atoms with Crippen molar-refractivity contribution in [3.63, 3.8) is 0 Å². The Morgan fingerprint density at radius 1 is 1.48 bits per heavy atom.